The van der Waals surface area contributed by atoms with Gasteiger partial charge in [-0.15, -0.1) is 12.4 Å². The summed E-state index contributed by atoms with van der Waals surface area (Å²) in [6, 6.07) is 18.3. The van der Waals surface area contributed by atoms with Gasteiger partial charge < -0.3 is 4.98 Å². The molecule has 5 heteroatoms. The van der Waals surface area contributed by atoms with E-state index in [1.165, 1.54) is 5.56 Å². The molecule has 4 aromatic rings. The van der Waals surface area contributed by atoms with Crippen LogP contribution in [0.1, 0.15) is 5.56 Å². The molecule has 2 heterocycles. The predicted molar refractivity (Wildman–Crippen MR) is 105 cm³/mol. The van der Waals surface area contributed by atoms with Gasteiger partial charge in [-0.05, 0) is 25.1 Å². The Morgan fingerprint density at radius 2 is 1.88 bits per heavy atom. The van der Waals surface area contributed by atoms with Gasteiger partial charge in [-0.2, -0.15) is 0 Å². The first-order valence-electron chi connectivity index (χ1n) is 7.78. The summed E-state index contributed by atoms with van der Waals surface area (Å²) in [5, 5.41) is 10.1. The number of para-hydroxylation sites is 1. The molecule has 0 saturated heterocycles. The number of aromatic nitrogens is 2. The van der Waals surface area contributed by atoms with Crippen LogP contribution in [0.5, 0.6) is 0 Å². The lowest BCUT2D eigenvalue weighted by Crippen LogP contribution is -2.02. The van der Waals surface area contributed by atoms with Crippen molar-refractivity contribution < 1.29 is 0 Å². The smallest absolute Gasteiger partial charge is 0.107 e. The van der Waals surface area contributed by atoms with Crippen LogP contribution in [0.25, 0.3) is 33.1 Å². The molecule has 0 saturated carbocycles. The minimum atomic E-state index is 0. The summed E-state index contributed by atoms with van der Waals surface area (Å²) in [5.74, 6) is 0. The fourth-order valence-electron chi connectivity index (χ4n) is 3.06. The van der Waals surface area contributed by atoms with Crippen LogP contribution in [0.15, 0.2) is 65.8 Å². The van der Waals surface area contributed by atoms with Gasteiger partial charge in [-0.25, -0.2) is 9.98 Å². The maximum Gasteiger partial charge on any atom is 0.107 e. The van der Waals surface area contributed by atoms with E-state index < -0.39 is 0 Å². The number of benzene rings is 2. The molecule has 0 amide bonds. The number of aryl methyl sites for hydroxylation is 1. The fraction of sp³-hybridized carbons (Fsp3) is 0.0500. The summed E-state index contributed by atoms with van der Waals surface area (Å²) in [6.07, 6.45) is 2.97. The van der Waals surface area contributed by atoms with Gasteiger partial charge in [0.15, 0.2) is 0 Å². The molecule has 2 N–H and O–H groups in total. The Morgan fingerprint density at radius 1 is 1.04 bits per heavy atom. The van der Waals surface area contributed by atoms with Crippen molar-refractivity contribution in [2.45, 2.75) is 6.92 Å². The highest BCUT2D eigenvalue weighted by molar-refractivity contribution is 5.98. The normalized spacial score (nSPS) is 11.5. The highest BCUT2D eigenvalue weighted by Gasteiger charge is 2.10. The first kappa shape index (κ1) is 16.9. The van der Waals surface area contributed by atoms with E-state index in [1.54, 1.807) is 0 Å². The van der Waals surface area contributed by atoms with Crippen molar-refractivity contribution in [3.05, 3.63) is 71.7 Å². The molecule has 0 radical (unpaired) electrons. The number of nitrogens with one attached hydrogen (secondary N) is 2. The number of nitrogens with zero attached hydrogens (tertiary/aromatic N) is 2. The van der Waals surface area contributed by atoms with E-state index in [9.17, 15) is 0 Å². The lowest BCUT2D eigenvalue weighted by molar-refractivity contribution is 1.39. The SMILES string of the molecule is Cc1cccc(-c2nc3ccccc3c(=NC=N)c3[nH]ccc23)c1.Cl. The maximum atomic E-state index is 7.42. The van der Waals surface area contributed by atoms with Crippen molar-refractivity contribution in [1.82, 2.24) is 9.97 Å². The van der Waals surface area contributed by atoms with E-state index >= 15 is 0 Å². The Balaban J connectivity index is 0.00000182. The summed E-state index contributed by atoms with van der Waals surface area (Å²) >= 11 is 0. The van der Waals surface area contributed by atoms with Gasteiger partial charge in [0.05, 0.1) is 22.1 Å². The highest BCUT2D eigenvalue weighted by atomic mass is 35.5. The van der Waals surface area contributed by atoms with E-state index in [0.717, 1.165) is 44.8 Å². The molecule has 2 aromatic carbocycles. The van der Waals surface area contributed by atoms with Crippen molar-refractivity contribution in [2.75, 3.05) is 0 Å². The molecule has 0 aliphatic carbocycles. The quantitative estimate of drug-likeness (QED) is 0.403. The zero-order chi connectivity index (χ0) is 16.5. The summed E-state index contributed by atoms with van der Waals surface area (Å²) in [7, 11) is 0. The zero-order valence-electron chi connectivity index (χ0n) is 13.7. The average molecular weight is 349 g/mol. The summed E-state index contributed by atoms with van der Waals surface area (Å²) in [6.45, 7) is 2.08. The lowest BCUT2D eigenvalue weighted by atomic mass is 10.1. The number of hydrogen-bond acceptors (Lipinski definition) is 2. The fourth-order valence-corrected chi connectivity index (χ4v) is 3.06. The Morgan fingerprint density at radius 3 is 2.68 bits per heavy atom. The van der Waals surface area contributed by atoms with Crippen LogP contribution >= 0.6 is 12.4 Å². The molecule has 124 valence electrons. The van der Waals surface area contributed by atoms with E-state index in [1.807, 2.05) is 42.6 Å². The standard InChI is InChI=1S/C20H16N4.ClH/c1-13-5-4-6-14(11-13)18-16-9-10-22-20(16)19(23-12-21)15-7-2-3-8-17(15)24-18;/h2-12,21-22H,1H3;1H. The Labute approximate surface area is 151 Å². The monoisotopic (exact) mass is 348 g/mol. The number of H-pyrrole nitrogens is 1. The summed E-state index contributed by atoms with van der Waals surface area (Å²) in [5.41, 5.74) is 4.93. The third-order valence-corrected chi connectivity index (χ3v) is 4.12. The largest absolute Gasteiger partial charge is 0.359 e. The van der Waals surface area contributed by atoms with Crippen molar-refractivity contribution >= 4 is 40.6 Å². The Hall–Kier alpha value is -2.98. The predicted octanol–water partition coefficient (Wildman–Crippen LogP) is 4.62. The van der Waals surface area contributed by atoms with Crippen LogP contribution in [0.2, 0.25) is 0 Å². The Bertz CT molecular complexity index is 1150. The zero-order valence-corrected chi connectivity index (χ0v) is 14.5. The third kappa shape index (κ3) is 2.92. The van der Waals surface area contributed by atoms with Crippen LogP contribution in [-0.2, 0) is 0 Å². The minimum Gasteiger partial charge on any atom is -0.359 e. The van der Waals surface area contributed by atoms with E-state index in [-0.39, 0.29) is 12.4 Å². The van der Waals surface area contributed by atoms with Crippen molar-refractivity contribution in [1.29, 1.82) is 5.41 Å². The van der Waals surface area contributed by atoms with Gasteiger partial charge in [0.1, 0.15) is 6.34 Å². The molecule has 0 fully saturated rings. The molecular weight excluding hydrogens is 332 g/mol. The van der Waals surface area contributed by atoms with Crippen LogP contribution < -0.4 is 5.36 Å². The number of fused-ring (bicyclic) bond motifs is 2. The summed E-state index contributed by atoms with van der Waals surface area (Å²) < 4.78 is 0. The summed E-state index contributed by atoms with van der Waals surface area (Å²) in [4.78, 5) is 12.5. The first-order valence-corrected chi connectivity index (χ1v) is 7.78. The molecule has 0 spiro atoms. The first-order chi connectivity index (χ1) is 11.8. The van der Waals surface area contributed by atoms with Gasteiger partial charge in [0.25, 0.3) is 0 Å². The number of rotatable bonds is 2. The molecule has 2 aromatic heterocycles. The van der Waals surface area contributed by atoms with E-state index in [4.69, 9.17) is 10.4 Å². The van der Waals surface area contributed by atoms with Crippen molar-refractivity contribution in [3.63, 3.8) is 0 Å². The second-order valence-electron chi connectivity index (χ2n) is 5.72. The van der Waals surface area contributed by atoms with Crippen LogP contribution in [0.4, 0.5) is 0 Å². The van der Waals surface area contributed by atoms with Crippen LogP contribution in [0, 0.1) is 12.3 Å². The van der Waals surface area contributed by atoms with Gasteiger partial charge in [-0.1, -0.05) is 42.0 Å². The topological polar surface area (TPSA) is 64.9 Å². The molecule has 4 rings (SSSR count). The van der Waals surface area contributed by atoms with E-state index in [0.29, 0.717) is 0 Å². The minimum absolute atomic E-state index is 0. The lowest BCUT2D eigenvalue weighted by Gasteiger charge is -2.01. The van der Waals surface area contributed by atoms with Crippen LogP contribution in [-0.4, -0.2) is 16.3 Å². The van der Waals surface area contributed by atoms with Crippen molar-refractivity contribution in [2.24, 2.45) is 4.99 Å². The molecule has 4 nitrogen and oxygen atoms in total. The number of aromatic amines is 1. The molecule has 0 aliphatic rings. The molecule has 0 unspecified atom stereocenters. The Kier molecular flexibility index (Phi) is 4.63. The van der Waals surface area contributed by atoms with E-state index in [2.05, 4.69) is 35.1 Å². The molecule has 25 heavy (non-hydrogen) atoms. The number of hydrogen-bond donors (Lipinski definition) is 2. The average Bonchev–Trinajstić information content (AvgIpc) is 3.02. The van der Waals surface area contributed by atoms with Gasteiger partial charge >= 0.3 is 0 Å². The highest BCUT2D eigenvalue weighted by Crippen LogP contribution is 2.26. The van der Waals surface area contributed by atoms with Gasteiger partial charge in [-0.3, -0.25) is 5.41 Å². The molecule has 0 aliphatic heterocycles. The maximum absolute atomic E-state index is 7.42. The molecule has 0 bridgehead atoms. The number of halogens is 1. The molecular formula is C20H17ClN4. The third-order valence-electron chi connectivity index (χ3n) is 4.12. The van der Waals surface area contributed by atoms with Crippen LogP contribution in [0.3, 0.4) is 0 Å². The van der Waals surface area contributed by atoms with Crippen molar-refractivity contribution in [3.8, 4) is 11.3 Å². The molecule has 0 atom stereocenters. The van der Waals surface area contributed by atoms with Gasteiger partial charge in [0, 0.05) is 22.5 Å². The van der Waals surface area contributed by atoms with Gasteiger partial charge in [0.2, 0.25) is 0 Å². The second kappa shape index (κ2) is 6.87. The second-order valence-corrected chi connectivity index (χ2v) is 5.72.